The average molecular weight is 288 g/mol. The Kier molecular flexibility index (Phi) is 3.51. The maximum Gasteiger partial charge on any atom is 0.155 e. The molecule has 4 nitrogen and oxygen atoms in total. The Morgan fingerprint density at radius 3 is 2.86 bits per heavy atom. The molecule has 3 aromatic rings. The second-order valence-electron chi connectivity index (χ2n) is 4.79. The molecule has 21 heavy (non-hydrogen) atoms. The normalized spacial score (nSPS) is 11.0. The SMILES string of the molecule is CNc1ccc(F)c(CCc2cnc3[nH]ncc3c2)c1F. The van der Waals surface area contributed by atoms with Crippen molar-refractivity contribution in [3.8, 4) is 0 Å². The Bertz CT molecular complexity index is 782. The predicted octanol–water partition coefficient (Wildman–Crippen LogP) is 3.06. The minimum Gasteiger partial charge on any atom is -0.386 e. The molecular formula is C15H14F2N4. The molecule has 2 N–H and O–H groups in total. The van der Waals surface area contributed by atoms with Gasteiger partial charge in [-0.05, 0) is 36.6 Å². The highest BCUT2D eigenvalue weighted by Gasteiger charge is 2.13. The van der Waals surface area contributed by atoms with Crippen LogP contribution in [0.15, 0.2) is 30.6 Å². The summed E-state index contributed by atoms with van der Waals surface area (Å²) in [6, 6.07) is 4.60. The van der Waals surface area contributed by atoms with Gasteiger partial charge in [0, 0.05) is 24.2 Å². The van der Waals surface area contributed by atoms with Crippen LogP contribution in [0.3, 0.4) is 0 Å². The summed E-state index contributed by atoms with van der Waals surface area (Å²) in [5.41, 5.74) is 2.01. The number of aromatic amines is 1. The number of benzene rings is 1. The Morgan fingerprint density at radius 1 is 1.19 bits per heavy atom. The van der Waals surface area contributed by atoms with Crippen LogP contribution in [-0.4, -0.2) is 22.2 Å². The molecule has 1 aromatic carbocycles. The van der Waals surface area contributed by atoms with Gasteiger partial charge in [-0.2, -0.15) is 5.10 Å². The molecule has 108 valence electrons. The zero-order valence-electron chi connectivity index (χ0n) is 11.5. The van der Waals surface area contributed by atoms with Crippen LogP contribution in [0.4, 0.5) is 14.5 Å². The molecule has 0 aliphatic heterocycles. The van der Waals surface area contributed by atoms with Crippen LogP contribution in [0.1, 0.15) is 11.1 Å². The first-order valence-corrected chi connectivity index (χ1v) is 6.61. The van der Waals surface area contributed by atoms with E-state index in [0.717, 1.165) is 10.9 Å². The van der Waals surface area contributed by atoms with Gasteiger partial charge in [0.25, 0.3) is 0 Å². The molecule has 0 bridgehead atoms. The lowest BCUT2D eigenvalue weighted by molar-refractivity contribution is 0.557. The molecule has 2 aromatic heterocycles. The minimum atomic E-state index is -0.533. The Balaban J connectivity index is 1.84. The van der Waals surface area contributed by atoms with Gasteiger partial charge in [0.2, 0.25) is 0 Å². The number of aromatic nitrogens is 3. The van der Waals surface area contributed by atoms with E-state index in [-0.39, 0.29) is 12.0 Å². The van der Waals surface area contributed by atoms with E-state index in [1.54, 1.807) is 19.4 Å². The number of anilines is 1. The van der Waals surface area contributed by atoms with E-state index in [0.29, 0.717) is 17.8 Å². The monoisotopic (exact) mass is 288 g/mol. The quantitative estimate of drug-likeness (QED) is 0.775. The van der Waals surface area contributed by atoms with Crippen molar-refractivity contribution in [3.05, 3.63) is 53.4 Å². The molecule has 0 saturated heterocycles. The molecule has 6 heteroatoms. The Labute approximate surface area is 120 Å². The Hall–Kier alpha value is -2.50. The summed E-state index contributed by atoms with van der Waals surface area (Å²) in [6.45, 7) is 0. The van der Waals surface area contributed by atoms with Gasteiger partial charge in [-0.15, -0.1) is 0 Å². The van der Waals surface area contributed by atoms with Gasteiger partial charge in [0.05, 0.1) is 11.9 Å². The van der Waals surface area contributed by atoms with Crippen molar-refractivity contribution < 1.29 is 8.78 Å². The standard InChI is InChI=1S/C15H14F2N4/c1-18-13-5-4-12(16)11(14(13)17)3-2-9-6-10-8-20-21-15(10)19-7-9/h4-8,18H,2-3H2,1H3,(H,19,20,21). The number of rotatable bonds is 4. The highest BCUT2D eigenvalue weighted by molar-refractivity contribution is 5.74. The van der Waals surface area contributed by atoms with Crippen LogP contribution in [0.25, 0.3) is 11.0 Å². The number of pyridine rings is 1. The molecule has 0 atom stereocenters. The number of H-pyrrole nitrogens is 1. The molecule has 0 radical (unpaired) electrons. The summed E-state index contributed by atoms with van der Waals surface area (Å²) in [5, 5.41) is 10.3. The number of halogens is 2. The van der Waals surface area contributed by atoms with E-state index in [9.17, 15) is 8.78 Å². The van der Waals surface area contributed by atoms with Gasteiger partial charge in [-0.1, -0.05) is 0 Å². The summed E-state index contributed by atoms with van der Waals surface area (Å²) in [5.74, 6) is -1.06. The van der Waals surface area contributed by atoms with E-state index in [2.05, 4.69) is 20.5 Å². The lowest BCUT2D eigenvalue weighted by atomic mass is 10.0. The van der Waals surface area contributed by atoms with Crippen LogP contribution in [0.2, 0.25) is 0 Å². The third kappa shape index (κ3) is 2.56. The van der Waals surface area contributed by atoms with Gasteiger partial charge in [0.15, 0.2) is 11.5 Å². The van der Waals surface area contributed by atoms with Gasteiger partial charge in [0.1, 0.15) is 5.82 Å². The zero-order valence-corrected chi connectivity index (χ0v) is 11.5. The maximum atomic E-state index is 14.1. The smallest absolute Gasteiger partial charge is 0.155 e. The fourth-order valence-corrected chi connectivity index (χ4v) is 2.31. The second kappa shape index (κ2) is 5.47. The average Bonchev–Trinajstić information content (AvgIpc) is 2.95. The first kappa shape index (κ1) is 13.5. The van der Waals surface area contributed by atoms with Crippen LogP contribution < -0.4 is 5.32 Å². The van der Waals surface area contributed by atoms with Gasteiger partial charge >= 0.3 is 0 Å². The number of aryl methyl sites for hydroxylation is 1. The van der Waals surface area contributed by atoms with Crippen molar-refractivity contribution >= 4 is 16.7 Å². The molecule has 0 aliphatic rings. The summed E-state index contributed by atoms with van der Waals surface area (Å²) in [6.07, 6.45) is 4.15. The summed E-state index contributed by atoms with van der Waals surface area (Å²) >= 11 is 0. The van der Waals surface area contributed by atoms with Crippen LogP contribution in [0, 0.1) is 11.6 Å². The lowest BCUT2D eigenvalue weighted by Crippen LogP contribution is -2.03. The lowest BCUT2D eigenvalue weighted by Gasteiger charge is -2.09. The fourth-order valence-electron chi connectivity index (χ4n) is 2.31. The largest absolute Gasteiger partial charge is 0.386 e. The molecule has 0 spiro atoms. The van der Waals surface area contributed by atoms with Crippen LogP contribution >= 0.6 is 0 Å². The van der Waals surface area contributed by atoms with E-state index in [4.69, 9.17) is 0 Å². The number of fused-ring (bicyclic) bond motifs is 1. The van der Waals surface area contributed by atoms with Crippen molar-refractivity contribution in [1.29, 1.82) is 0 Å². The molecule has 0 unspecified atom stereocenters. The van der Waals surface area contributed by atoms with Crippen molar-refractivity contribution in [2.75, 3.05) is 12.4 Å². The molecule has 0 amide bonds. The summed E-state index contributed by atoms with van der Waals surface area (Å²) in [7, 11) is 1.61. The van der Waals surface area contributed by atoms with Crippen LogP contribution in [-0.2, 0) is 12.8 Å². The third-order valence-electron chi connectivity index (χ3n) is 3.47. The molecule has 0 saturated carbocycles. The summed E-state index contributed by atoms with van der Waals surface area (Å²) < 4.78 is 27.9. The molecule has 3 rings (SSSR count). The fraction of sp³-hybridized carbons (Fsp3) is 0.200. The van der Waals surface area contributed by atoms with E-state index >= 15 is 0 Å². The zero-order chi connectivity index (χ0) is 14.8. The van der Waals surface area contributed by atoms with Crippen molar-refractivity contribution in [3.63, 3.8) is 0 Å². The van der Waals surface area contributed by atoms with E-state index in [1.165, 1.54) is 12.1 Å². The van der Waals surface area contributed by atoms with Gasteiger partial charge in [-0.3, -0.25) is 5.10 Å². The van der Waals surface area contributed by atoms with Crippen molar-refractivity contribution in [2.24, 2.45) is 0 Å². The van der Waals surface area contributed by atoms with Gasteiger partial charge < -0.3 is 5.32 Å². The predicted molar refractivity (Wildman–Crippen MR) is 77.2 cm³/mol. The van der Waals surface area contributed by atoms with Crippen LogP contribution in [0.5, 0.6) is 0 Å². The highest BCUT2D eigenvalue weighted by Crippen LogP contribution is 2.22. The van der Waals surface area contributed by atoms with Gasteiger partial charge in [-0.25, -0.2) is 13.8 Å². The molecule has 0 aliphatic carbocycles. The van der Waals surface area contributed by atoms with Crippen molar-refractivity contribution in [2.45, 2.75) is 12.8 Å². The Morgan fingerprint density at radius 2 is 2.05 bits per heavy atom. The first-order chi connectivity index (χ1) is 10.2. The minimum absolute atomic E-state index is 0.0918. The number of hydrogen-bond acceptors (Lipinski definition) is 3. The first-order valence-electron chi connectivity index (χ1n) is 6.61. The summed E-state index contributed by atoms with van der Waals surface area (Å²) in [4.78, 5) is 4.21. The third-order valence-corrected chi connectivity index (χ3v) is 3.47. The molecular weight excluding hydrogens is 274 g/mol. The topological polar surface area (TPSA) is 53.6 Å². The number of nitrogens with zero attached hydrogens (tertiary/aromatic N) is 2. The number of hydrogen-bond donors (Lipinski definition) is 2. The molecule has 2 heterocycles. The van der Waals surface area contributed by atoms with E-state index < -0.39 is 11.6 Å². The highest BCUT2D eigenvalue weighted by atomic mass is 19.1. The molecule has 0 fully saturated rings. The maximum absolute atomic E-state index is 14.1. The number of nitrogens with one attached hydrogen (secondary N) is 2. The van der Waals surface area contributed by atoms with Crippen molar-refractivity contribution in [1.82, 2.24) is 15.2 Å². The second-order valence-corrected chi connectivity index (χ2v) is 4.79. The van der Waals surface area contributed by atoms with E-state index in [1.807, 2.05) is 6.07 Å².